The highest BCUT2D eigenvalue weighted by atomic mass is 32.1. The Balaban J connectivity index is 3.09. The predicted molar refractivity (Wildman–Crippen MR) is 36.6 cm³/mol. The van der Waals surface area contributed by atoms with Gasteiger partial charge in [-0.1, -0.05) is 12.2 Å². The molecule has 0 bridgehead atoms. The topological polar surface area (TPSA) is 15.8 Å². The highest BCUT2D eigenvalue weighted by Crippen LogP contribution is 2.27. The molecule has 0 unspecified atom stereocenters. The van der Waals surface area contributed by atoms with Crippen molar-refractivity contribution in [2.75, 3.05) is 0 Å². The average Bonchev–Trinajstić information content (AvgIpc) is 1.86. The van der Waals surface area contributed by atoms with Crippen molar-refractivity contribution in [3.63, 3.8) is 0 Å². The van der Waals surface area contributed by atoms with Crippen LogP contribution in [0, 0.1) is 4.64 Å². The summed E-state index contributed by atoms with van der Waals surface area (Å²) in [5, 5.41) is 0. The molecule has 1 nitrogen and oxygen atoms in total. The van der Waals surface area contributed by atoms with Crippen LogP contribution in [0.2, 0.25) is 0 Å². The Morgan fingerprint density at radius 3 is 2.27 bits per heavy atom. The second kappa shape index (κ2) is 2.65. The molecule has 1 N–H and O–H groups in total. The molecule has 0 amide bonds. The van der Waals surface area contributed by atoms with E-state index < -0.39 is 11.7 Å². The molecule has 11 heavy (non-hydrogen) atoms. The maximum Gasteiger partial charge on any atom is 0.417 e. The van der Waals surface area contributed by atoms with Gasteiger partial charge in [0, 0.05) is 6.20 Å². The molecule has 0 aliphatic heterocycles. The summed E-state index contributed by atoms with van der Waals surface area (Å²) < 4.78 is 35.9. The van der Waals surface area contributed by atoms with Crippen LogP contribution in [-0.2, 0) is 6.18 Å². The minimum absolute atomic E-state index is 0.290. The van der Waals surface area contributed by atoms with Gasteiger partial charge in [0.15, 0.2) is 0 Å². The zero-order valence-corrected chi connectivity index (χ0v) is 6.09. The van der Waals surface area contributed by atoms with E-state index in [0.717, 1.165) is 12.3 Å². The van der Waals surface area contributed by atoms with Crippen LogP contribution in [0.3, 0.4) is 0 Å². The van der Waals surface area contributed by atoms with Crippen LogP contribution in [0.25, 0.3) is 0 Å². The molecular formula is C6H4F3NS. The Kier molecular flexibility index (Phi) is 1.99. The fourth-order valence-electron chi connectivity index (χ4n) is 0.587. The maximum absolute atomic E-state index is 11.9. The lowest BCUT2D eigenvalue weighted by Crippen LogP contribution is -2.04. The van der Waals surface area contributed by atoms with Gasteiger partial charge in [0.2, 0.25) is 0 Å². The smallest absolute Gasteiger partial charge is 0.352 e. The third-order valence-corrected chi connectivity index (χ3v) is 1.37. The quantitative estimate of drug-likeness (QED) is 0.605. The molecule has 5 heteroatoms. The third kappa shape index (κ3) is 2.04. The molecule has 0 fully saturated rings. The fraction of sp³-hybridized carbons (Fsp3) is 0.167. The number of alkyl halides is 3. The molecule has 0 spiro atoms. The Labute approximate surface area is 65.9 Å². The number of hydrogen-bond acceptors (Lipinski definition) is 1. The van der Waals surface area contributed by atoms with Crippen LogP contribution in [0.15, 0.2) is 18.3 Å². The summed E-state index contributed by atoms with van der Waals surface area (Å²) >= 11 is 4.57. The second-order valence-corrected chi connectivity index (χ2v) is 2.38. The lowest BCUT2D eigenvalue weighted by Gasteiger charge is -2.04. The summed E-state index contributed by atoms with van der Waals surface area (Å²) in [4.78, 5) is 2.30. The predicted octanol–water partition coefficient (Wildman–Crippen LogP) is 2.76. The summed E-state index contributed by atoms with van der Waals surface area (Å²) in [6.45, 7) is 0. The number of halogens is 3. The second-order valence-electron chi connectivity index (χ2n) is 1.94. The van der Waals surface area contributed by atoms with Crippen LogP contribution in [0.1, 0.15) is 5.56 Å². The molecule has 1 aromatic heterocycles. The highest BCUT2D eigenvalue weighted by molar-refractivity contribution is 7.71. The Hall–Kier alpha value is -0.840. The number of pyridine rings is 1. The van der Waals surface area contributed by atoms with Gasteiger partial charge < -0.3 is 4.98 Å². The Morgan fingerprint density at radius 1 is 1.27 bits per heavy atom. The van der Waals surface area contributed by atoms with Crippen molar-refractivity contribution in [2.45, 2.75) is 6.18 Å². The van der Waals surface area contributed by atoms with E-state index in [2.05, 4.69) is 17.2 Å². The van der Waals surface area contributed by atoms with E-state index in [0.29, 0.717) is 0 Å². The van der Waals surface area contributed by atoms with Crippen molar-refractivity contribution in [3.05, 3.63) is 28.5 Å². The van der Waals surface area contributed by atoms with Gasteiger partial charge in [-0.25, -0.2) is 0 Å². The standard InChI is InChI=1S/C6H4F3NS/c7-6(8,9)4-1-2-5(11)10-3-4/h1-3H,(H,10,11). The van der Waals surface area contributed by atoms with Gasteiger partial charge in [0.25, 0.3) is 0 Å². The molecule has 0 aromatic carbocycles. The number of aromatic amines is 1. The summed E-state index contributed by atoms with van der Waals surface area (Å²) in [5.41, 5.74) is -0.717. The van der Waals surface area contributed by atoms with E-state index in [1.807, 2.05) is 0 Å². The monoisotopic (exact) mass is 179 g/mol. The first kappa shape index (κ1) is 8.26. The number of rotatable bonds is 0. The fourth-order valence-corrected chi connectivity index (χ4v) is 0.714. The van der Waals surface area contributed by atoms with E-state index >= 15 is 0 Å². The molecular weight excluding hydrogens is 175 g/mol. The van der Waals surface area contributed by atoms with Gasteiger partial charge in [-0.15, -0.1) is 0 Å². The van der Waals surface area contributed by atoms with Crippen molar-refractivity contribution >= 4 is 12.2 Å². The van der Waals surface area contributed by atoms with Gasteiger partial charge in [0.1, 0.15) is 4.64 Å². The lowest BCUT2D eigenvalue weighted by molar-refractivity contribution is -0.137. The molecule has 1 rings (SSSR count). The van der Waals surface area contributed by atoms with Gasteiger partial charge in [0.05, 0.1) is 5.56 Å². The molecule has 1 heterocycles. The SMILES string of the molecule is FC(F)(F)c1ccc(=S)[nH]c1. The number of nitrogens with one attached hydrogen (secondary N) is 1. The molecule has 0 aliphatic carbocycles. The highest BCUT2D eigenvalue weighted by Gasteiger charge is 2.29. The van der Waals surface area contributed by atoms with Crippen LogP contribution in [0.4, 0.5) is 13.2 Å². The van der Waals surface area contributed by atoms with E-state index in [9.17, 15) is 13.2 Å². The van der Waals surface area contributed by atoms with Crippen molar-refractivity contribution < 1.29 is 13.2 Å². The van der Waals surface area contributed by atoms with E-state index in [1.54, 1.807) is 0 Å². The molecule has 0 radical (unpaired) electrons. The largest absolute Gasteiger partial charge is 0.417 e. The number of H-pyrrole nitrogens is 1. The van der Waals surface area contributed by atoms with Crippen molar-refractivity contribution in [1.29, 1.82) is 0 Å². The van der Waals surface area contributed by atoms with Crippen LogP contribution in [-0.4, -0.2) is 4.98 Å². The molecule has 1 aromatic rings. The summed E-state index contributed by atoms with van der Waals surface area (Å²) in [6, 6.07) is 2.15. The van der Waals surface area contributed by atoms with Crippen LogP contribution in [0.5, 0.6) is 0 Å². The van der Waals surface area contributed by atoms with Gasteiger partial charge in [-0.3, -0.25) is 0 Å². The normalized spacial score (nSPS) is 11.5. The average molecular weight is 179 g/mol. The Morgan fingerprint density at radius 2 is 1.91 bits per heavy atom. The minimum Gasteiger partial charge on any atom is -0.352 e. The number of hydrogen-bond donors (Lipinski definition) is 1. The van der Waals surface area contributed by atoms with Gasteiger partial charge >= 0.3 is 6.18 Å². The molecule has 0 saturated heterocycles. The summed E-state index contributed by atoms with van der Waals surface area (Å²) in [5.74, 6) is 0. The molecule has 0 aliphatic rings. The summed E-state index contributed by atoms with van der Waals surface area (Å²) in [7, 11) is 0. The van der Waals surface area contributed by atoms with Gasteiger partial charge in [-0.2, -0.15) is 13.2 Å². The van der Waals surface area contributed by atoms with Crippen molar-refractivity contribution in [1.82, 2.24) is 4.98 Å². The first-order valence-corrected chi connectivity index (χ1v) is 3.17. The summed E-state index contributed by atoms with van der Waals surface area (Å²) in [6.07, 6.45) is -3.44. The zero-order valence-electron chi connectivity index (χ0n) is 5.27. The minimum atomic E-state index is -4.29. The first-order chi connectivity index (χ1) is 5.00. The third-order valence-electron chi connectivity index (χ3n) is 1.11. The lowest BCUT2D eigenvalue weighted by atomic mass is 10.3. The van der Waals surface area contributed by atoms with Crippen LogP contribution >= 0.6 is 12.2 Å². The van der Waals surface area contributed by atoms with E-state index in [-0.39, 0.29) is 4.64 Å². The molecule has 0 saturated carbocycles. The van der Waals surface area contributed by atoms with Gasteiger partial charge in [-0.05, 0) is 12.1 Å². The Bertz CT molecular complexity index is 281. The van der Waals surface area contributed by atoms with Crippen molar-refractivity contribution in [3.8, 4) is 0 Å². The zero-order chi connectivity index (χ0) is 8.48. The van der Waals surface area contributed by atoms with Crippen molar-refractivity contribution in [2.24, 2.45) is 0 Å². The van der Waals surface area contributed by atoms with E-state index in [1.165, 1.54) is 6.07 Å². The first-order valence-electron chi connectivity index (χ1n) is 2.76. The molecule has 0 atom stereocenters. The number of aromatic nitrogens is 1. The maximum atomic E-state index is 11.9. The van der Waals surface area contributed by atoms with E-state index in [4.69, 9.17) is 0 Å². The molecule has 60 valence electrons. The van der Waals surface area contributed by atoms with Crippen LogP contribution < -0.4 is 0 Å².